The molecular formula is C11H17NO6. The van der Waals surface area contributed by atoms with Crippen LogP contribution in [0.5, 0.6) is 0 Å². The molecule has 0 spiro atoms. The fraction of sp³-hybridized carbons (Fsp3) is 0.818. The minimum absolute atomic E-state index is 0.00692. The van der Waals surface area contributed by atoms with Gasteiger partial charge in [0, 0.05) is 24.2 Å². The van der Waals surface area contributed by atoms with Gasteiger partial charge in [0.1, 0.15) is 0 Å². The van der Waals surface area contributed by atoms with Gasteiger partial charge in [-0.15, -0.1) is 0 Å². The molecule has 0 radical (unpaired) electrons. The van der Waals surface area contributed by atoms with Crippen molar-refractivity contribution >= 4 is 11.9 Å². The molecule has 1 saturated carbocycles. The van der Waals surface area contributed by atoms with Gasteiger partial charge in [-0.2, -0.15) is 0 Å². The van der Waals surface area contributed by atoms with E-state index in [1.807, 2.05) is 0 Å². The van der Waals surface area contributed by atoms with Crippen molar-refractivity contribution in [1.82, 2.24) is 0 Å². The van der Waals surface area contributed by atoms with Crippen LogP contribution in [0.1, 0.15) is 32.6 Å². The average molecular weight is 259 g/mol. The zero-order valence-electron chi connectivity index (χ0n) is 10.5. The topological polar surface area (TPSA) is 95.7 Å². The van der Waals surface area contributed by atoms with Crippen molar-refractivity contribution in [3.05, 3.63) is 10.1 Å². The highest BCUT2D eigenvalue weighted by atomic mass is 16.6. The summed E-state index contributed by atoms with van der Waals surface area (Å²) in [4.78, 5) is 33.0. The van der Waals surface area contributed by atoms with Crippen molar-refractivity contribution in [3.63, 3.8) is 0 Å². The van der Waals surface area contributed by atoms with E-state index in [1.165, 1.54) is 7.11 Å². The summed E-state index contributed by atoms with van der Waals surface area (Å²) in [7, 11) is 1.24. The van der Waals surface area contributed by atoms with Crippen LogP contribution in [0.25, 0.3) is 0 Å². The molecule has 0 bridgehead atoms. The number of nitrogens with zero attached hydrogens (tertiary/aromatic N) is 1. The van der Waals surface area contributed by atoms with Crippen LogP contribution < -0.4 is 0 Å². The summed E-state index contributed by atoms with van der Waals surface area (Å²) < 4.78 is 9.27. The second-order valence-corrected chi connectivity index (χ2v) is 4.41. The Bertz CT molecular complexity index is 347. The van der Waals surface area contributed by atoms with Crippen LogP contribution in [-0.2, 0) is 19.1 Å². The Morgan fingerprint density at radius 3 is 2.50 bits per heavy atom. The monoisotopic (exact) mass is 259 g/mol. The molecule has 0 aromatic carbocycles. The molecule has 7 heteroatoms. The smallest absolute Gasteiger partial charge is 0.309 e. The van der Waals surface area contributed by atoms with Gasteiger partial charge in [0.25, 0.3) is 0 Å². The van der Waals surface area contributed by atoms with Gasteiger partial charge in [-0.3, -0.25) is 19.7 Å². The maximum absolute atomic E-state index is 11.4. The Kier molecular flexibility index (Phi) is 4.63. The predicted molar refractivity (Wildman–Crippen MR) is 60.3 cm³/mol. The number of hydrogen-bond donors (Lipinski definition) is 0. The van der Waals surface area contributed by atoms with E-state index in [1.54, 1.807) is 6.92 Å². The summed E-state index contributed by atoms with van der Waals surface area (Å²) in [5, 5.41) is 11.0. The minimum atomic E-state index is -1.17. The fourth-order valence-corrected chi connectivity index (χ4v) is 2.17. The maximum Gasteiger partial charge on any atom is 0.309 e. The van der Waals surface area contributed by atoms with Crippen LogP contribution in [0.2, 0.25) is 0 Å². The van der Waals surface area contributed by atoms with E-state index in [0.717, 1.165) is 0 Å². The first-order valence-corrected chi connectivity index (χ1v) is 5.83. The number of carbonyl (C=O) groups excluding carboxylic acids is 2. The molecule has 102 valence electrons. The maximum atomic E-state index is 11.4. The molecule has 0 saturated heterocycles. The van der Waals surface area contributed by atoms with E-state index in [2.05, 4.69) is 4.74 Å². The normalized spacial score (nSPS) is 26.0. The molecule has 1 rings (SSSR count). The van der Waals surface area contributed by atoms with E-state index in [4.69, 9.17) is 4.74 Å². The van der Waals surface area contributed by atoms with E-state index in [-0.39, 0.29) is 32.3 Å². The molecule has 18 heavy (non-hydrogen) atoms. The Morgan fingerprint density at radius 2 is 2.06 bits per heavy atom. The van der Waals surface area contributed by atoms with Crippen molar-refractivity contribution in [3.8, 4) is 0 Å². The third kappa shape index (κ3) is 2.96. The number of carbonyl (C=O) groups is 2. The van der Waals surface area contributed by atoms with Crippen LogP contribution in [-0.4, -0.2) is 36.1 Å². The van der Waals surface area contributed by atoms with E-state index in [9.17, 15) is 19.7 Å². The lowest BCUT2D eigenvalue weighted by Crippen LogP contribution is -2.53. The van der Waals surface area contributed by atoms with Gasteiger partial charge in [-0.1, -0.05) is 0 Å². The third-order valence-electron chi connectivity index (χ3n) is 3.28. The van der Waals surface area contributed by atoms with Gasteiger partial charge < -0.3 is 9.47 Å². The largest absolute Gasteiger partial charge is 0.469 e. The first kappa shape index (κ1) is 14.4. The third-order valence-corrected chi connectivity index (χ3v) is 3.28. The molecule has 0 N–H and O–H groups in total. The first-order valence-electron chi connectivity index (χ1n) is 5.83. The Balaban J connectivity index is 2.52. The molecule has 1 aliphatic rings. The highest BCUT2D eigenvalue weighted by molar-refractivity contribution is 5.74. The number of hydrogen-bond acceptors (Lipinski definition) is 6. The van der Waals surface area contributed by atoms with E-state index in [0.29, 0.717) is 0 Å². The molecule has 1 fully saturated rings. The molecule has 0 aliphatic heterocycles. The van der Waals surface area contributed by atoms with Crippen LogP contribution in [0.4, 0.5) is 0 Å². The van der Waals surface area contributed by atoms with Gasteiger partial charge in [0.2, 0.25) is 5.54 Å². The van der Waals surface area contributed by atoms with Crippen LogP contribution in [0.15, 0.2) is 0 Å². The summed E-state index contributed by atoms with van der Waals surface area (Å²) in [5.41, 5.74) is -1.17. The van der Waals surface area contributed by atoms with Crippen LogP contribution >= 0.6 is 0 Å². The van der Waals surface area contributed by atoms with Crippen LogP contribution in [0.3, 0.4) is 0 Å². The molecule has 0 aromatic rings. The van der Waals surface area contributed by atoms with E-state index < -0.39 is 28.3 Å². The molecule has 0 heterocycles. The predicted octanol–water partition coefficient (Wildman–Crippen LogP) is 0.928. The highest BCUT2D eigenvalue weighted by Gasteiger charge is 2.57. The van der Waals surface area contributed by atoms with Gasteiger partial charge in [-0.05, 0) is 6.92 Å². The van der Waals surface area contributed by atoms with Crippen molar-refractivity contribution in [2.45, 2.75) is 38.1 Å². The number of methoxy groups -OCH3 is 1. The second kappa shape index (κ2) is 5.79. The summed E-state index contributed by atoms with van der Waals surface area (Å²) in [6.45, 7) is 1.96. The molecule has 1 aliphatic carbocycles. The minimum Gasteiger partial charge on any atom is -0.469 e. The van der Waals surface area contributed by atoms with Crippen molar-refractivity contribution < 1.29 is 24.0 Å². The SMILES string of the molecule is CCOC(=O)[C@H]1C[C@](CCC(=O)OC)([N+](=O)[O-])C1. The zero-order chi connectivity index (χ0) is 13.8. The standard InChI is InChI=1S/C11H17NO6/c1-3-18-10(14)8-6-11(7-8,12(15)16)5-4-9(13)17-2/h8H,3-7H2,1-2H3/t8-,11-. The molecule has 0 unspecified atom stereocenters. The molecule has 0 atom stereocenters. The Labute approximate surface area is 105 Å². The van der Waals surface area contributed by atoms with Crippen molar-refractivity contribution in [2.24, 2.45) is 5.92 Å². The zero-order valence-corrected chi connectivity index (χ0v) is 10.5. The quantitative estimate of drug-likeness (QED) is 0.400. The Hall–Kier alpha value is -1.66. The summed E-state index contributed by atoms with van der Waals surface area (Å²) >= 11 is 0. The van der Waals surface area contributed by atoms with Crippen molar-refractivity contribution in [1.29, 1.82) is 0 Å². The van der Waals surface area contributed by atoms with Gasteiger partial charge in [0.05, 0.1) is 26.1 Å². The second-order valence-electron chi connectivity index (χ2n) is 4.41. The van der Waals surface area contributed by atoms with Gasteiger partial charge >= 0.3 is 11.9 Å². The summed E-state index contributed by atoms with van der Waals surface area (Å²) in [6, 6.07) is 0. The van der Waals surface area contributed by atoms with Gasteiger partial charge in [-0.25, -0.2) is 0 Å². The fourth-order valence-electron chi connectivity index (χ4n) is 2.17. The lowest BCUT2D eigenvalue weighted by molar-refractivity contribution is -0.590. The molecule has 0 aromatic heterocycles. The number of ether oxygens (including phenoxy) is 2. The molecular weight excluding hydrogens is 242 g/mol. The van der Waals surface area contributed by atoms with Crippen LogP contribution in [0, 0.1) is 16.0 Å². The van der Waals surface area contributed by atoms with Crippen molar-refractivity contribution in [2.75, 3.05) is 13.7 Å². The highest BCUT2D eigenvalue weighted by Crippen LogP contribution is 2.44. The summed E-state index contributed by atoms with van der Waals surface area (Å²) in [5.74, 6) is -1.29. The van der Waals surface area contributed by atoms with E-state index >= 15 is 0 Å². The Morgan fingerprint density at radius 1 is 1.44 bits per heavy atom. The molecule has 7 nitrogen and oxygen atoms in total. The first-order chi connectivity index (χ1) is 8.45. The molecule has 0 amide bonds. The summed E-state index contributed by atoms with van der Waals surface area (Å²) in [6.07, 6.45) is 0.362. The lowest BCUT2D eigenvalue weighted by Gasteiger charge is -2.38. The number of esters is 2. The number of nitro groups is 1. The van der Waals surface area contributed by atoms with Gasteiger partial charge in [0.15, 0.2) is 0 Å². The lowest BCUT2D eigenvalue weighted by atomic mass is 9.66. The average Bonchev–Trinajstić information content (AvgIpc) is 2.26. The number of rotatable bonds is 6.